The van der Waals surface area contributed by atoms with Crippen LogP contribution < -0.4 is 11.1 Å². The molecular formula is C31H36Cl2FN7O4. The van der Waals surface area contributed by atoms with Gasteiger partial charge in [0.1, 0.15) is 6.04 Å². The number of azide groups is 1. The van der Waals surface area contributed by atoms with Crippen LogP contribution in [0.3, 0.4) is 0 Å². The minimum atomic E-state index is -1.13. The van der Waals surface area contributed by atoms with Gasteiger partial charge in [-0.25, -0.2) is 4.39 Å². The summed E-state index contributed by atoms with van der Waals surface area (Å²) in [5.74, 6) is -4.27. The van der Waals surface area contributed by atoms with Crippen LogP contribution in [0.5, 0.6) is 0 Å². The Hall–Kier alpha value is -3.86. The Balaban J connectivity index is 1.69. The van der Waals surface area contributed by atoms with Gasteiger partial charge in [-0.15, -0.1) is 0 Å². The standard InChI is InChI=1S/C31H36Cl2FN7O4/c1-31(2)12-15-40(16-13-31)24(42)9-10-25(43)41-23(29(35)44)17-18-5-3-4-6-19(18)28(41)20(11-14-37-39-36)30(45)38-22-8-7-21(32)26(33)27(22)34/h3-8,20,23,28H,9-17H2,1-2H3,(H2,35,44)(H,38,45)/t20-,23?,28?/m0/s1. The zero-order valence-corrected chi connectivity index (χ0v) is 26.7. The highest BCUT2D eigenvalue weighted by Gasteiger charge is 2.45. The van der Waals surface area contributed by atoms with Gasteiger partial charge < -0.3 is 20.9 Å². The van der Waals surface area contributed by atoms with Crippen LogP contribution in [-0.2, 0) is 25.6 Å². The molecule has 45 heavy (non-hydrogen) atoms. The van der Waals surface area contributed by atoms with Crippen molar-refractivity contribution in [3.8, 4) is 0 Å². The first kappa shape index (κ1) is 34.0. The molecule has 1 saturated heterocycles. The van der Waals surface area contributed by atoms with Gasteiger partial charge in [-0.3, -0.25) is 19.2 Å². The second-order valence-electron chi connectivity index (χ2n) is 12.2. The van der Waals surface area contributed by atoms with Crippen LogP contribution >= 0.6 is 23.2 Å². The third kappa shape index (κ3) is 7.87. The number of nitrogens with two attached hydrogens (primary N) is 1. The van der Waals surface area contributed by atoms with Crippen LogP contribution in [0.15, 0.2) is 41.5 Å². The van der Waals surface area contributed by atoms with E-state index in [1.165, 1.54) is 17.0 Å². The van der Waals surface area contributed by atoms with Gasteiger partial charge in [-0.1, -0.05) is 66.4 Å². The summed E-state index contributed by atoms with van der Waals surface area (Å²) in [6, 6.07) is 7.43. The Morgan fingerprint density at radius 3 is 2.44 bits per heavy atom. The number of likely N-dealkylation sites (tertiary alicyclic amines) is 1. The summed E-state index contributed by atoms with van der Waals surface area (Å²) >= 11 is 11.9. The predicted octanol–water partition coefficient (Wildman–Crippen LogP) is 5.80. The lowest BCUT2D eigenvalue weighted by Gasteiger charge is -2.45. The molecule has 11 nitrogen and oxygen atoms in total. The third-order valence-corrected chi connectivity index (χ3v) is 9.46. The van der Waals surface area contributed by atoms with Crippen molar-refractivity contribution in [3.05, 3.63) is 73.8 Å². The molecule has 0 saturated carbocycles. The number of piperidine rings is 1. The smallest absolute Gasteiger partial charge is 0.240 e. The average molecular weight is 661 g/mol. The van der Waals surface area contributed by atoms with Crippen LogP contribution in [0.1, 0.15) is 63.1 Å². The number of nitrogens with zero attached hydrogens (tertiary/aromatic N) is 5. The first-order valence-electron chi connectivity index (χ1n) is 14.8. The van der Waals surface area contributed by atoms with E-state index in [2.05, 4.69) is 29.2 Å². The first-order chi connectivity index (χ1) is 21.3. The van der Waals surface area contributed by atoms with Gasteiger partial charge in [0, 0.05) is 43.8 Å². The predicted molar refractivity (Wildman–Crippen MR) is 169 cm³/mol. The van der Waals surface area contributed by atoms with Gasteiger partial charge in [-0.05, 0) is 53.5 Å². The molecular weight excluding hydrogens is 624 g/mol. The van der Waals surface area contributed by atoms with Crippen LogP contribution in [0.25, 0.3) is 10.4 Å². The Labute approximate surface area is 270 Å². The van der Waals surface area contributed by atoms with Crippen molar-refractivity contribution in [2.75, 3.05) is 25.0 Å². The second-order valence-corrected chi connectivity index (χ2v) is 13.0. The molecule has 3 atom stereocenters. The van der Waals surface area contributed by atoms with Crippen molar-refractivity contribution in [2.24, 2.45) is 22.2 Å². The van der Waals surface area contributed by atoms with Crippen LogP contribution in [0, 0.1) is 17.2 Å². The van der Waals surface area contributed by atoms with Crippen LogP contribution in [-0.4, -0.2) is 59.1 Å². The number of carbonyl (C=O) groups is 4. The summed E-state index contributed by atoms with van der Waals surface area (Å²) < 4.78 is 15.0. The molecule has 14 heteroatoms. The number of hydrogen-bond acceptors (Lipinski definition) is 5. The maximum absolute atomic E-state index is 15.0. The highest BCUT2D eigenvalue weighted by atomic mass is 35.5. The topological polar surface area (TPSA) is 162 Å². The summed E-state index contributed by atoms with van der Waals surface area (Å²) in [5.41, 5.74) is 16.0. The molecule has 2 unspecified atom stereocenters. The van der Waals surface area contributed by atoms with E-state index in [0.717, 1.165) is 12.8 Å². The largest absolute Gasteiger partial charge is 0.368 e. The molecule has 0 radical (unpaired) electrons. The Kier molecular flexibility index (Phi) is 11.0. The Bertz CT molecular complexity index is 1520. The first-order valence-corrected chi connectivity index (χ1v) is 15.5. The van der Waals surface area contributed by atoms with Gasteiger partial charge in [0.05, 0.1) is 27.7 Å². The Morgan fingerprint density at radius 2 is 1.78 bits per heavy atom. The lowest BCUT2D eigenvalue weighted by Crippen LogP contribution is -2.56. The normalized spacial score (nSPS) is 19.6. The molecule has 2 aromatic carbocycles. The highest BCUT2D eigenvalue weighted by molar-refractivity contribution is 6.42. The van der Waals surface area contributed by atoms with Crippen molar-refractivity contribution in [1.82, 2.24) is 9.80 Å². The molecule has 3 N–H and O–H groups in total. The molecule has 0 spiro atoms. The molecule has 0 bridgehead atoms. The summed E-state index contributed by atoms with van der Waals surface area (Å²) in [6.07, 6.45) is 1.45. The number of fused-ring (bicyclic) bond motifs is 1. The van der Waals surface area contributed by atoms with Crippen molar-refractivity contribution in [2.45, 2.75) is 64.5 Å². The van der Waals surface area contributed by atoms with Crippen LogP contribution in [0.4, 0.5) is 10.1 Å². The summed E-state index contributed by atoms with van der Waals surface area (Å²) in [7, 11) is 0. The van der Waals surface area contributed by atoms with Gasteiger partial charge in [-0.2, -0.15) is 0 Å². The fourth-order valence-electron chi connectivity index (χ4n) is 6.02. The number of nitrogens with one attached hydrogen (secondary N) is 1. The number of hydrogen-bond donors (Lipinski definition) is 2. The highest BCUT2D eigenvalue weighted by Crippen LogP contribution is 2.41. The second kappa shape index (κ2) is 14.5. The number of carbonyl (C=O) groups excluding carboxylic acids is 4. The number of halogens is 3. The van der Waals surface area contributed by atoms with E-state index in [0.29, 0.717) is 24.2 Å². The lowest BCUT2D eigenvalue weighted by atomic mass is 9.79. The van der Waals surface area contributed by atoms with Gasteiger partial charge in [0.2, 0.25) is 23.6 Å². The fraction of sp³-hybridized carbons (Fsp3) is 0.484. The number of rotatable bonds is 10. The monoisotopic (exact) mass is 659 g/mol. The average Bonchev–Trinajstić information content (AvgIpc) is 3.01. The SMILES string of the molecule is CC1(C)CCN(C(=O)CCC(=O)N2C(C(N)=O)Cc3ccccc3C2[C@H](CCN=[N+]=[N-])C(=O)Nc2ccc(Cl)c(Cl)c2F)CC1. The van der Waals surface area contributed by atoms with E-state index in [1.54, 1.807) is 29.2 Å². The summed E-state index contributed by atoms with van der Waals surface area (Å²) in [6.45, 7) is 5.36. The minimum Gasteiger partial charge on any atom is -0.368 e. The lowest BCUT2D eigenvalue weighted by molar-refractivity contribution is -0.148. The number of primary amides is 1. The molecule has 2 aromatic rings. The maximum atomic E-state index is 15.0. The van der Waals surface area contributed by atoms with Crippen molar-refractivity contribution in [3.63, 3.8) is 0 Å². The van der Waals surface area contributed by atoms with E-state index in [-0.39, 0.29) is 59.3 Å². The minimum absolute atomic E-state index is 0.0443. The third-order valence-electron chi connectivity index (χ3n) is 8.68. The van der Waals surface area contributed by atoms with Crippen molar-refractivity contribution < 1.29 is 23.6 Å². The van der Waals surface area contributed by atoms with E-state index in [1.807, 2.05) is 0 Å². The fourth-order valence-corrected chi connectivity index (χ4v) is 6.33. The van der Waals surface area contributed by atoms with Gasteiger partial charge in [0.15, 0.2) is 5.82 Å². The summed E-state index contributed by atoms with van der Waals surface area (Å²) in [4.78, 5) is 59.7. The maximum Gasteiger partial charge on any atom is 0.240 e. The molecule has 4 amide bonds. The van der Waals surface area contributed by atoms with Crippen molar-refractivity contribution >= 4 is 52.5 Å². The molecule has 240 valence electrons. The van der Waals surface area contributed by atoms with Gasteiger partial charge >= 0.3 is 0 Å². The van der Waals surface area contributed by atoms with E-state index >= 15 is 0 Å². The van der Waals surface area contributed by atoms with Crippen molar-refractivity contribution in [1.29, 1.82) is 0 Å². The molecule has 2 aliphatic heterocycles. The van der Waals surface area contributed by atoms with Gasteiger partial charge in [0.25, 0.3) is 0 Å². The summed E-state index contributed by atoms with van der Waals surface area (Å²) in [5, 5.41) is 5.69. The number of benzene rings is 2. The molecule has 1 fully saturated rings. The molecule has 0 aromatic heterocycles. The van der Waals surface area contributed by atoms with Crippen LogP contribution in [0.2, 0.25) is 10.0 Å². The van der Waals surface area contributed by atoms with E-state index < -0.39 is 41.5 Å². The molecule has 2 heterocycles. The number of anilines is 1. The van der Waals surface area contributed by atoms with E-state index in [4.69, 9.17) is 34.5 Å². The zero-order chi connectivity index (χ0) is 32.9. The zero-order valence-electron chi connectivity index (χ0n) is 25.1. The molecule has 4 rings (SSSR count). The van der Waals surface area contributed by atoms with E-state index in [9.17, 15) is 23.6 Å². The quantitative estimate of drug-likeness (QED) is 0.143. The molecule has 2 aliphatic rings. The Morgan fingerprint density at radius 1 is 1.11 bits per heavy atom. The number of amides is 4. The molecule has 0 aliphatic carbocycles.